The summed E-state index contributed by atoms with van der Waals surface area (Å²) < 4.78 is 17.7. The molecule has 1 aromatic rings. The SMILES string of the molecule is CCCOC1CCC(OCC2C(NSC)CCc3ccc(C)c(=O)n32)CC1. The van der Waals surface area contributed by atoms with Gasteiger partial charge in [0, 0.05) is 23.9 Å². The van der Waals surface area contributed by atoms with Crippen LogP contribution in [0, 0.1) is 6.92 Å². The summed E-state index contributed by atoms with van der Waals surface area (Å²) >= 11 is 1.63. The van der Waals surface area contributed by atoms with Crippen LogP contribution in [-0.4, -0.2) is 42.3 Å². The molecule has 1 fully saturated rings. The van der Waals surface area contributed by atoms with E-state index in [0.29, 0.717) is 12.7 Å². The van der Waals surface area contributed by atoms with Crippen molar-refractivity contribution in [1.29, 1.82) is 0 Å². The monoisotopic (exact) mass is 394 g/mol. The molecule has 0 saturated heterocycles. The molecule has 6 heteroatoms. The summed E-state index contributed by atoms with van der Waals surface area (Å²) in [6.07, 6.45) is 10.0. The van der Waals surface area contributed by atoms with Gasteiger partial charge >= 0.3 is 0 Å². The molecular formula is C21H34N2O3S. The number of aromatic nitrogens is 1. The highest BCUT2D eigenvalue weighted by molar-refractivity contribution is 7.96. The molecule has 152 valence electrons. The van der Waals surface area contributed by atoms with Crippen LogP contribution >= 0.6 is 11.9 Å². The van der Waals surface area contributed by atoms with Crippen molar-refractivity contribution < 1.29 is 9.47 Å². The number of rotatable bonds is 8. The van der Waals surface area contributed by atoms with Crippen molar-refractivity contribution in [2.24, 2.45) is 0 Å². The third kappa shape index (κ3) is 5.17. The smallest absolute Gasteiger partial charge is 0.254 e. The summed E-state index contributed by atoms with van der Waals surface area (Å²) in [6.45, 7) is 5.51. The molecular weight excluding hydrogens is 360 g/mol. The number of fused-ring (bicyclic) bond motifs is 1. The topological polar surface area (TPSA) is 52.5 Å². The van der Waals surface area contributed by atoms with E-state index in [4.69, 9.17) is 9.47 Å². The third-order valence-electron chi connectivity index (χ3n) is 5.85. The van der Waals surface area contributed by atoms with Gasteiger partial charge in [0.25, 0.3) is 5.56 Å². The van der Waals surface area contributed by atoms with Gasteiger partial charge in [-0.25, -0.2) is 0 Å². The van der Waals surface area contributed by atoms with Gasteiger partial charge in [0.05, 0.1) is 24.9 Å². The highest BCUT2D eigenvalue weighted by Gasteiger charge is 2.32. The van der Waals surface area contributed by atoms with Crippen LogP contribution in [-0.2, 0) is 15.9 Å². The van der Waals surface area contributed by atoms with Crippen molar-refractivity contribution in [2.75, 3.05) is 19.5 Å². The fraction of sp³-hybridized carbons (Fsp3) is 0.762. The number of nitrogens with one attached hydrogen (secondary N) is 1. The van der Waals surface area contributed by atoms with Gasteiger partial charge in [-0.15, -0.1) is 0 Å². The second-order valence-electron chi connectivity index (χ2n) is 7.82. The van der Waals surface area contributed by atoms with Crippen molar-refractivity contribution in [1.82, 2.24) is 9.29 Å². The van der Waals surface area contributed by atoms with Gasteiger partial charge in [-0.1, -0.05) is 24.9 Å². The zero-order valence-electron chi connectivity index (χ0n) is 16.9. The summed E-state index contributed by atoms with van der Waals surface area (Å²) in [7, 11) is 0. The molecule has 1 aliphatic carbocycles. The van der Waals surface area contributed by atoms with Crippen molar-refractivity contribution in [3.05, 3.63) is 33.7 Å². The first-order valence-electron chi connectivity index (χ1n) is 10.4. The Labute approximate surface area is 167 Å². The number of aryl methyl sites for hydroxylation is 2. The van der Waals surface area contributed by atoms with Gasteiger partial charge in [0.15, 0.2) is 0 Å². The molecule has 5 nitrogen and oxygen atoms in total. The second-order valence-corrected chi connectivity index (χ2v) is 8.46. The lowest BCUT2D eigenvalue weighted by Gasteiger charge is -2.37. The zero-order valence-corrected chi connectivity index (χ0v) is 17.7. The van der Waals surface area contributed by atoms with Crippen LogP contribution in [0.25, 0.3) is 0 Å². The minimum Gasteiger partial charge on any atom is -0.378 e. The van der Waals surface area contributed by atoms with E-state index in [1.807, 2.05) is 23.8 Å². The van der Waals surface area contributed by atoms with E-state index in [9.17, 15) is 4.79 Å². The minimum absolute atomic E-state index is 0.0580. The van der Waals surface area contributed by atoms with Gasteiger partial charge in [0.1, 0.15) is 0 Å². The third-order valence-corrected chi connectivity index (χ3v) is 6.39. The van der Waals surface area contributed by atoms with Gasteiger partial charge in [0.2, 0.25) is 0 Å². The summed E-state index contributed by atoms with van der Waals surface area (Å²) in [5, 5.41) is 0. The maximum absolute atomic E-state index is 12.8. The Hall–Kier alpha value is -0.820. The van der Waals surface area contributed by atoms with E-state index in [2.05, 4.69) is 17.7 Å². The van der Waals surface area contributed by atoms with Gasteiger partial charge < -0.3 is 14.0 Å². The first kappa shape index (κ1) is 20.9. The summed E-state index contributed by atoms with van der Waals surface area (Å²) in [4.78, 5) is 12.8. The number of hydrogen-bond donors (Lipinski definition) is 1. The normalized spacial score (nSPS) is 28.1. The molecule has 2 heterocycles. The van der Waals surface area contributed by atoms with E-state index in [-0.39, 0.29) is 23.7 Å². The first-order valence-corrected chi connectivity index (χ1v) is 11.6. The average molecular weight is 395 g/mol. The maximum atomic E-state index is 12.8. The Morgan fingerprint density at radius 1 is 1.15 bits per heavy atom. The fourth-order valence-electron chi connectivity index (χ4n) is 4.30. The molecule has 1 N–H and O–H groups in total. The quantitative estimate of drug-likeness (QED) is 0.682. The van der Waals surface area contributed by atoms with Crippen LogP contribution in [0.2, 0.25) is 0 Å². The predicted molar refractivity (Wildman–Crippen MR) is 111 cm³/mol. The van der Waals surface area contributed by atoms with Crippen molar-refractivity contribution in [2.45, 2.75) is 83.1 Å². The Balaban J connectivity index is 1.64. The van der Waals surface area contributed by atoms with Crippen LogP contribution in [0.1, 0.15) is 62.7 Å². The Morgan fingerprint density at radius 3 is 2.52 bits per heavy atom. The van der Waals surface area contributed by atoms with Crippen LogP contribution < -0.4 is 10.3 Å². The van der Waals surface area contributed by atoms with Gasteiger partial charge in [-0.05, 0) is 64.2 Å². The van der Waals surface area contributed by atoms with Crippen molar-refractivity contribution in [3.8, 4) is 0 Å². The zero-order chi connectivity index (χ0) is 19.2. The molecule has 0 amide bonds. The molecule has 1 aromatic heterocycles. The number of hydrogen-bond acceptors (Lipinski definition) is 5. The van der Waals surface area contributed by atoms with Crippen LogP contribution in [0.4, 0.5) is 0 Å². The summed E-state index contributed by atoms with van der Waals surface area (Å²) in [6, 6.07) is 4.38. The molecule has 3 rings (SSSR count). The lowest BCUT2D eigenvalue weighted by atomic mass is 9.94. The van der Waals surface area contributed by atoms with E-state index in [0.717, 1.165) is 62.8 Å². The van der Waals surface area contributed by atoms with Crippen LogP contribution in [0.15, 0.2) is 16.9 Å². The summed E-state index contributed by atoms with van der Waals surface area (Å²) in [5.41, 5.74) is 2.07. The van der Waals surface area contributed by atoms with Crippen LogP contribution in [0.5, 0.6) is 0 Å². The van der Waals surface area contributed by atoms with Gasteiger partial charge in [-0.3, -0.25) is 9.52 Å². The Bertz CT molecular complexity index is 655. The fourth-order valence-corrected chi connectivity index (χ4v) is 4.88. The van der Waals surface area contributed by atoms with Gasteiger partial charge in [-0.2, -0.15) is 0 Å². The average Bonchev–Trinajstić information content (AvgIpc) is 2.69. The molecule has 0 spiro atoms. The molecule has 1 aliphatic heterocycles. The highest BCUT2D eigenvalue weighted by Crippen LogP contribution is 2.28. The summed E-state index contributed by atoms with van der Waals surface area (Å²) in [5.74, 6) is 0. The molecule has 2 atom stereocenters. The molecule has 1 saturated carbocycles. The molecule has 0 aromatic carbocycles. The first-order chi connectivity index (χ1) is 13.1. The van der Waals surface area contributed by atoms with Crippen molar-refractivity contribution >= 4 is 11.9 Å². The van der Waals surface area contributed by atoms with E-state index < -0.39 is 0 Å². The number of ether oxygens (including phenoxy) is 2. The second kappa shape index (κ2) is 10.1. The standard InChI is InChI=1S/C21H34N2O3S/c1-4-13-25-17-8-10-18(11-9-17)26-14-20-19(22-27-3)12-7-16-6-5-15(2)21(24)23(16)20/h5-6,17-20,22H,4,7-14H2,1-3H3. The maximum Gasteiger partial charge on any atom is 0.254 e. The molecule has 2 unspecified atom stereocenters. The highest BCUT2D eigenvalue weighted by atomic mass is 32.2. The molecule has 0 bridgehead atoms. The lowest BCUT2D eigenvalue weighted by molar-refractivity contribution is -0.0420. The Kier molecular flexibility index (Phi) is 7.82. The van der Waals surface area contributed by atoms with E-state index in [1.165, 1.54) is 0 Å². The predicted octanol–water partition coefficient (Wildman–Crippen LogP) is 3.63. The molecule has 27 heavy (non-hydrogen) atoms. The van der Waals surface area contributed by atoms with E-state index >= 15 is 0 Å². The number of nitrogens with zero attached hydrogens (tertiary/aromatic N) is 1. The van der Waals surface area contributed by atoms with Crippen molar-refractivity contribution in [3.63, 3.8) is 0 Å². The minimum atomic E-state index is 0.0580. The van der Waals surface area contributed by atoms with Crippen LogP contribution in [0.3, 0.4) is 0 Å². The Morgan fingerprint density at radius 2 is 1.85 bits per heavy atom. The molecule has 2 aliphatic rings. The lowest BCUT2D eigenvalue weighted by Crippen LogP contribution is -2.46. The number of pyridine rings is 1. The van der Waals surface area contributed by atoms with E-state index in [1.54, 1.807) is 11.9 Å². The molecule has 0 radical (unpaired) electrons. The largest absolute Gasteiger partial charge is 0.378 e.